The van der Waals surface area contributed by atoms with E-state index in [1.54, 1.807) is 0 Å². The standard InChI is InChI=1S/C36H53N2/c1-4-7-9-11-13-15-26-38(27-16-14-12-10-8-5-2)36-22-21-34-30-33(19-20-35(34)31-36)18-17-32-23-28-37(25-6-3)29-24-32/h17-24,28-31H,4-16,25-27H2,1-3H3/q+1. The number of aryl methyl sites for hydroxylation is 1. The second-order valence-electron chi connectivity index (χ2n) is 11.0. The molecule has 0 atom stereocenters. The van der Waals surface area contributed by atoms with Gasteiger partial charge in [-0.15, -0.1) is 0 Å². The topological polar surface area (TPSA) is 7.12 Å². The highest BCUT2D eigenvalue weighted by Gasteiger charge is 2.08. The van der Waals surface area contributed by atoms with Gasteiger partial charge in [0.1, 0.15) is 6.54 Å². The van der Waals surface area contributed by atoms with Crippen LogP contribution in [-0.2, 0) is 6.54 Å². The van der Waals surface area contributed by atoms with Crippen molar-refractivity contribution in [3.8, 4) is 0 Å². The Kier molecular flexibility index (Phi) is 14.0. The summed E-state index contributed by atoms with van der Waals surface area (Å²) in [5.74, 6) is 0. The molecule has 0 spiro atoms. The van der Waals surface area contributed by atoms with E-state index in [0.29, 0.717) is 0 Å². The molecule has 3 aromatic rings. The molecule has 0 saturated heterocycles. The first-order chi connectivity index (χ1) is 18.7. The van der Waals surface area contributed by atoms with Crippen molar-refractivity contribution < 1.29 is 4.57 Å². The van der Waals surface area contributed by atoms with Crippen LogP contribution in [-0.4, -0.2) is 13.1 Å². The third-order valence-electron chi connectivity index (χ3n) is 7.64. The molecule has 0 N–H and O–H groups in total. The van der Waals surface area contributed by atoms with Crippen LogP contribution in [0.2, 0.25) is 0 Å². The maximum atomic E-state index is 2.66. The van der Waals surface area contributed by atoms with Crippen LogP contribution in [0.25, 0.3) is 22.9 Å². The molecule has 2 heteroatoms. The average molecular weight is 514 g/mol. The smallest absolute Gasteiger partial charge is 0.169 e. The van der Waals surface area contributed by atoms with Crippen molar-refractivity contribution in [3.05, 3.63) is 72.1 Å². The maximum absolute atomic E-state index is 2.66. The number of benzene rings is 2. The first kappa shape index (κ1) is 29.9. The van der Waals surface area contributed by atoms with Gasteiger partial charge >= 0.3 is 0 Å². The molecule has 2 nitrogen and oxygen atoms in total. The Bertz CT molecular complexity index is 1050. The second kappa shape index (κ2) is 17.8. The normalized spacial score (nSPS) is 11.6. The van der Waals surface area contributed by atoms with Crippen molar-refractivity contribution in [3.63, 3.8) is 0 Å². The Morgan fingerprint density at radius 3 is 1.74 bits per heavy atom. The lowest BCUT2D eigenvalue weighted by atomic mass is 10.0. The van der Waals surface area contributed by atoms with E-state index in [4.69, 9.17) is 0 Å². The third kappa shape index (κ3) is 10.6. The van der Waals surface area contributed by atoms with Crippen molar-refractivity contribution >= 4 is 28.6 Å². The lowest BCUT2D eigenvalue weighted by molar-refractivity contribution is -0.697. The summed E-state index contributed by atoms with van der Waals surface area (Å²) in [5.41, 5.74) is 3.90. The van der Waals surface area contributed by atoms with Crippen LogP contribution in [0.5, 0.6) is 0 Å². The molecule has 38 heavy (non-hydrogen) atoms. The summed E-state index contributed by atoms with van der Waals surface area (Å²) in [4.78, 5) is 2.66. The van der Waals surface area contributed by atoms with Gasteiger partial charge < -0.3 is 4.90 Å². The SMILES string of the molecule is CCCCCCCCN(CCCCCCCC)c1ccc2cc(/C=C/c3cc[n+](CCC)cc3)ccc2c1. The molecule has 0 aliphatic rings. The minimum absolute atomic E-state index is 1.08. The summed E-state index contributed by atoms with van der Waals surface area (Å²) in [6.45, 7) is 10.3. The lowest BCUT2D eigenvalue weighted by Crippen LogP contribution is -2.31. The Labute approximate surface area is 233 Å². The summed E-state index contributed by atoms with van der Waals surface area (Å²) in [5, 5.41) is 2.67. The van der Waals surface area contributed by atoms with Crippen molar-refractivity contribution in [2.45, 2.75) is 111 Å². The number of unbranched alkanes of at least 4 members (excludes halogenated alkanes) is 10. The van der Waals surface area contributed by atoms with E-state index in [9.17, 15) is 0 Å². The van der Waals surface area contributed by atoms with Crippen LogP contribution in [0.15, 0.2) is 60.9 Å². The van der Waals surface area contributed by atoms with Crippen molar-refractivity contribution in [2.75, 3.05) is 18.0 Å². The van der Waals surface area contributed by atoms with E-state index < -0.39 is 0 Å². The molecular formula is C36H53N2+. The highest BCUT2D eigenvalue weighted by Crippen LogP contribution is 2.25. The highest BCUT2D eigenvalue weighted by atomic mass is 15.1. The molecule has 206 valence electrons. The van der Waals surface area contributed by atoms with Crippen molar-refractivity contribution in [1.82, 2.24) is 0 Å². The fourth-order valence-electron chi connectivity index (χ4n) is 5.27. The monoisotopic (exact) mass is 513 g/mol. The van der Waals surface area contributed by atoms with Gasteiger partial charge in [-0.25, -0.2) is 4.57 Å². The summed E-state index contributed by atoms with van der Waals surface area (Å²) >= 11 is 0. The highest BCUT2D eigenvalue weighted by molar-refractivity contribution is 5.88. The van der Waals surface area contributed by atoms with Crippen LogP contribution < -0.4 is 9.47 Å². The summed E-state index contributed by atoms with van der Waals surface area (Å²) in [6, 6.07) is 18.4. The zero-order valence-corrected chi connectivity index (χ0v) is 24.6. The summed E-state index contributed by atoms with van der Waals surface area (Å²) in [6.07, 6.45) is 26.2. The zero-order chi connectivity index (χ0) is 26.8. The zero-order valence-electron chi connectivity index (χ0n) is 24.6. The van der Waals surface area contributed by atoms with Gasteiger partial charge in [0.2, 0.25) is 0 Å². The molecule has 1 aromatic heterocycles. The van der Waals surface area contributed by atoms with Gasteiger partial charge in [0.05, 0.1) is 0 Å². The van der Waals surface area contributed by atoms with Gasteiger partial charge in [-0.3, -0.25) is 0 Å². The number of rotatable bonds is 19. The molecule has 1 heterocycles. The fraction of sp³-hybridized carbons (Fsp3) is 0.528. The Balaban J connectivity index is 1.63. The molecular weight excluding hydrogens is 460 g/mol. The van der Waals surface area contributed by atoms with Crippen molar-refractivity contribution in [1.29, 1.82) is 0 Å². The summed E-state index contributed by atoms with van der Waals surface area (Å²) in [7, 11) is 0. The molecule has 0 amide bonds. The van der Waals surface area contributed by atoms with Gasteiger partial charge in [0, 0.05) is 37.3 Å². The summed E-state index contributed by atoms with van der Waals surface area (Å²) < 4.78 is 2.24. The second-order valence-corrected chi connectivity index (χ2v) is 11.0. The number of nitrogens with zero attached hydrogens (tertiary/aromatic N) is 2. The number of hydrogen-bond donors (Lipinski definition) is 0. The van der Waals surface area contributed by atoms with E-state index in [-0.39, 0.29) is 0 Å². The van der Waals surface area contributed by atoms with Gasteiger partial charge in [-0.1, -0.05) is 115 Å². The van der Waals surface area contributed by atoms with Gasteiger partial charge in [-0.2, -0.15) is 0 Å². The molecule has 0 bridgehead atoms. The van der Waals surface area contributed by atoms with Crippen LogP contribution in [0.3, 0.4) is 0 Å². The fourth-order valence-corrected chi connectivity index (χ4v) is 5.27. The number of aromatic nitrogens is 1. The van der Waals surface area contributed by atoms with E-state index in [1.165, 1.54) is 118 Å². The van der Waals surface area contributed by atoms with Gasteiger partial charge in [0.25, 0.3) is 0 Å². The molecule has 0 aliphatic carbocycles. The van der Waals surface area contributed by atoms with E-state index in [1.807, 2.05) is 0 Å². The average Bonchev–Trinajstić information content (AvgIpc) is 2.95. The minimum atomic E-state index is 1.08. The van der Waals surface area contributed by atoms with Crippen molar-refractivity contribution in [2.24, 2.45) is 0 Å². The van der Waals surface area contributed by atoms with Gasteiger partial charge in [-0.05, 0) is 52.9 Å². The Morgan fingerprint density at radius 1 is 0.553 bits per heavy atom. The number of anilines is 1. The third-order valence-corrected chi connectivity index (χ3v) is 7.64. The molecule has 0 radical (unpaired) electrons. The predicted octanol–water partition coefficient (Wildman–Crippen LogP) is 10.2. The molecule has 2 aromatic carbocycles. The Morgan fingerprint density at radius 2 is 1.11 bits per heavy atom. The van der Waals surface area contributed by atoms with E-state index >= 15 is 0 Å². The molecule has 0 fully saturated rings. The molecule has 0 saturated carbocycles. The number of hydrogen-bond acceptors (Lipinski definition) is 1. The van der Waals surface area contributed by atoms with E-state index in [0.717, 1.165) is 13.0 Å². The largest absolute Gasteiger partial charge is 0.372 e. The lowest BCUT2D eigenvalue weighted by Gasteiger charge is -2.25. The van der Waals surface area contributed by atoms with E-state index in [2.05, 4.69) is 103 Å². The maximum Gasteiger partial charge on any atom is 0.169 e. The quantitative estimate of drug-likeness (QED) is 0.114. The molecule has 0 aliphatic heterocycles. The van der Waals surface area contributed by atoms with Crippen LogP contribution in [0, 0.1) is 0 Å². The number of pyridine rings is 1. The minimum Gasteiger partial charge on any atom is -0.372 e. The van der Waals surface area contributed by atoms with Crippen LogP contribution in [0.1, 0.15) is 115 Å². The predicted molar refractivity (Wildman–Crippen MR) is 169 cm³/mol. The van der Waals surface area contributed by atoms with Crippen LogP contribution >= 0.6 is 0 Å². The van der Waals surface area contributed by atoms with Gasteiger partial charge in [0.15, 0.2) is 12.4 Å². The first-order valence-corrected chi connectivity index (χ1v) is 15.7. The molecule has 3 rings (SSSR count). The molecule has 0 unspecified atom stereocenters. The number of fused-ring (bicyclic) bond motifs is 1. The van der Waals surface area contributed by atoms with Crippen LogP contribution in [0.4, 0.5) is 5.69 Å². The first-order valence-electron chi connectivity index (χ1n) is 15.7. The Hall–Kier alpha value is -2.61.